The van der Waals surface area contributed by atoms with Crippen LogP contribution in [0.15, 0.2) is 58.7 Å². The van der Waals surface area contributed by atoms with Gasteiger partial charge in [-0.3, -0.25) is 5.01 Å². The highest BCUT2D eigenvalue weighted by Crippen LogP contribution is 2.40. The fourth-order valence-electron chi connectivity index (χ4n) is 4.49. The molecule has 1 aliphatic carbocycles. The molecule has 5 heteroatoms. The van der Waals surface area contributed by atoms with Gasteiger partial charge >= 0.3 is 0 Å². The maximum Gasteiger partial charge on any atom is 0.153 e. The van der Waals surface area contributed by atoms with Crippen LogP contribution in [0.5, 0.6) is 0 Å². The summed E-state index contributed by atoms with van der Waals surface area (Å²) in [6, 6.07) is 12.2. The Morgan fingerprint density at radius 3 is 2.61 bits per heavy atom. The number of hydrogen-bond acceptors (Lipinski definition) is 5. The molecular weight excluding hydrogens is 346 g/mol. The van der Waals surface area contributed by atoms with E-state index in [4.69, 9.17) is 5.10 Å². The van der Waals surface area contributed by atoms with Crippen LogP contribution in [0.3, 0.4) is 0 Å². The van der Waals surface area contributed by atoms with Gasteiger partial charge in [-0.25, -0.2) is 0 Å². The SMILES string of the molecule is CC1=NN(C2C=CC(C3NC(=C(C#N)C#N)c4ccccc43)=CC2)C(C)(C)C1. The number of fused-ring (bicyclic) bond motifs is 1. The lowest BCUT2D eigenvalue weighted by atomic mass is 9.91. The normalized spacial score (nSPS) is 24.6. The van der Waals surface area contributed by atoms with Gasteiger partial charge in [-0.15, -0.1) is 0 Å². The van der Waals surface area contributed by atoms with E-state index in [1.807, 2.05) is 30.3 Å². The molecule has 1 N–H and O–H groups in total. The zero-order chi connectivity index (χ0) is 19.9. The molecule has 2 aliphatic heterocycles. The molecule has 2 unspecified atom stereocenters. The third-order valence-electron chi connectivity index (χ3n) is 5.64. The first kappa shape index (κ1) is 18.1. The third-order valence-corrected chi connectivity index (χ3v) is 5.64. The van der Waals surface area contributed by atoms with Gasteiger partial charge < -0.3 is 5.32 Å². The van der Waals surface area contributed by atoms with Crippen molar-refractivity contribution >= 4 is 11.4 Å². The summed E-state index contributed by atoms with van der Waals surface area (Å²) in [7, 11) is 0. The molecule has 140 valence electrons. The van der Waals surface area contributed by atoms with Crippen LogP contribution in [0.1, 0.15) is 50.8 Å². The van der Waals surface area contributed by atoms with Crippen molar-refractivity contribution in [1.82, 2.24) is 10.3 Å². The lowest BCUT2D eigenvalue weighted by Gasteiger charge is -2.37. The van der Waals surface area contributed by atoms with E-state index in [0.29, 0.717) is 5.70 Å². The van der Waals surface area contributed by atoms with Crippen LogP contribution in [0, 0.1) is 22.7 Å². The molecule has 4 rings (SSSR count). The quantitative estimate of drug-likeness (QED) is 0.793. The Labute approximate surface area is 166 Å². The molecule has 1 aromatic carbocycles. The van der Waals surface area contributed by atoms with Crippen molar-refractivity contribution in [2.24, 2.45) is 5.10 Å². The molecule has 3 aliphatic rings. The number of nitrogens with one attached hydrogen (secondary N) is 1. The molecule has 0 fully saturated rings. The number of hydrogen-bond donors (Lipinski definition) is 1. The monoisotopic (exact) mass is 369 g/mol. The minimum Gasteiger partial charge on any atom is -0.372 e. The van der Waals surface area contributed by atoms with Gasteiger partial charge in [-0.1, -0.05) is 42.5 Å². The standard InChI is InChI=1S/C23H23N5/c1-15-12-23(2,3)28(27-15)18-10-8-16(9-11-18)21-19-6-4-5-7-20(19)22(26-21)17(13-24)14-25/h4-10,18,21,26H,11-12H2,1-3H3. The molecule has 5 nitrogen and oxygen atoms in total. The van der Waals surface area contributed by atoms with Crippen molar-refractivity contribution in [3.05, 3.63) is 64.8 Å². The topological polar surface area (TPSA) is 75.2 Å². The number of nitrogens with zero attached hydrogens (tertiary/aromatic N) is 4. The first-order valence-corrected chi connectivity index (χ1v) is 9.56. The Balaban J connectivity index is 1.62. The van der Waals surface area contributed by atoms with E-state index in [1.165, 1.54) is 5.71 Å². The van der Waals surface area contributed by atoms with E-state index < -0.39 is 0 Å². The van der Waals surface area contributed by atoms with Crippen molar-refractivity contribution in [1.29, 1.82) is 10.5 Å². The Hall–Kier alpha value is -3.31. The summed E-state index contributed by atoms with van der Waals surface area (Å²) >= 11 is 0. The first-order valence-electron chi connectivity index (χ1n) is 9.56. The molecule has 0 saturated heterocycles. The van der Waals surface area contributed by atoms with Crippen molar-refractivity contribution in [3.63, 3.8) is 0 Å². The van der Waals surface area contributed by atoms with Crippen LogP contribution in [0.2, 0.25) is 0 Å². The summed E-state index contributed by atoms with van der Waals surface area (Å²) in [6.45, 7) is 6.55. The van der Waals surface area contributed by atoms with Gasteiger partial charge in [-0.05, 0) is 38.3 Å². The summed E-state index contributed by atoms with van der Waals surface area (Å²) in [5.74, 6) is 0. The van der Waals surface area contributed by atoms with Crippen LogP contribution < -0.4 is 5.32 Å². The average molecular weight is 369 g/mol. The Bertz CT molecular complexity index is 1010. The van der Waals surface area contributed by atoms with Crippen molar-refractivity contribution in [2.75, 3.05) is 0 Å². The van der Waals surface area contributed by atoms with E-state index in [1.54, 1.807) is 0 Å². The lowest BCUT2D eigenvalue weighted by molar-refractivity contribution is 0.119. The number of hydrazone groups is 1. The van der Waals surface area contributed by atoms with Crippen LogP contribution in [-0.4, -0.2) is 22.3 Å². The van der Waals surface area contributed by atoms with Gasteiger partial charge in [0.05, 0.1) is 23.3 Å². The van der Waals surface area contributed by atoms with Crippen LogP contribution in [-0.2, 0) is 0 Å². The number of allylic oxidation sites excluding steroid dienone is 1. The van der Waals surface area contributed by atoms with Crippen molar-refractivity contribution in [3.8, 4) is 12.1 Å². The second kappa shape index (κ2) is 6.69. The van der Waals surface area contributed by atoms with Gasteiger partial charge in [0, 0.05) is 17.7 Å². The molecule has 28 heavy (non-hydrogen) atoms. The molecule has 0 amide bonds. The van der Waals surface area contributed by atoms with E-state index in [2.05, 4.69) is 55.4 Å². The number of rotatable bonds is 2. The summed E-state index contributed by atoms with van der Waals surface area (Å²) in [5, 5.41) is 29.0. The predicted molar refractivity (Wildman–Crippen MR) is 110 cm³/mol. The third kappa shape index (κ3) is 2.90. The second-order valence-corrected chi connectivity index (χ2v) is 8.17. The molecular formula is C23H23N5. The van der Waals surface area contributed by atoms with Gasteiger partial charge in [0.15, 0.2) is 5.57 Å². The molecule has 2 heterocycles. The summed E-state index contributed by atoms with van der Waals surface area (Å²) in [4.78, 5) is 0. The first-order chi connectivity index (χ1) is 13.4. The predicted octanol–water partition coefficient (Wildman–Crippen LogP) is 4.20. The summed E-state index contributed by atoms with van der Waals surface area (Å²) in [6.07, 6.45) is 8.50. The minimum absolute atomic E-state index is 0.0348. The number of nitriles is 2. The van der Waals surface area contributed by atoms with Gasteiger partial charge in [-0.2, -0.15) is 15.6 Å². The maximum atomic E-state index is 9.32. The number of benzene rings is 1. The van der Waals surface area contributed by atoms with Crippen LogP contribution >= 0.6 is 0 Å². The molecule has 0 saturated carbocycles. The van der Waals surface area contributed by atoms with Gasteiger partial charge in [0.2, 0.25) is 0 Å². The van der Waals surface area contributed by atoms with E-state index in [0.717, 1.165) is 29.5 Å². The molecule has 1 aromatic rings. The molecule has 0 spiro atoms. The maximum absolute atomic E-state index is 9.32. The van der Waals surface area contributed by atoms with E-state index in [-0.39, 0.29) is 23.2 Å². The molecule has 0 bridgehead atoms. The van der Waals surface area contributed by atoms with Crippen LogP contribution in [0.4, 0.5) is 0 Å². The summed E-state index contributed by atoms with van der Waals surface area (Å²) < 4.78 is 0. The largest absolute Gasteiger partial charge is 0.372 e. The second-order valence-electron chi connectivity index (χ2n) is 8.17. The highest BCUT2D eigenvalue weighted by molar-refractivity contribution is 5.84. The van der Waals surface area contributed by atoms with Crippen molar-refractivity contribution in [2.45, 2.75) is 51.2 Å². The lowest BCUT2D eigenvalue weighted by Crippen LogP contribution is -2.43. The molecule has 0 radical (unpaired) electrons. The van der Waals surface area contributed by atoms with Crippen LogP contribution in [0.25, 0.3) is 5.70 Å². The molecule has 2 atom stereocenters. The molecule has 0 aromatic heterocycles. The van der Waals surface area contributed by atoms with E-state index >= 15 is 0 Å². The minimum atomic E-state index is -0.0445. The zero-order valence-corrected chi connectivity index (χ0v) is 16.4. The fraction of sp³-hybridized carbons (Fsp3) is 0.348. The van der Waals surface area contributed by atoms with Crippen molar-refractivity contribution < 1.29 is 0 Å². The Kier molecular flexibility index (Phi) is 4.32. The fourth-order valence-corrected chi connectivity index (χ4v) is 4.49. The zero-order valence-electron chi connectivity index (χ0n) is 16.4. The highest BCUT2D eigenvalue weighted by Gasteiger charge is 2.37. The summed E-state index contributed by atoms with van der Waals surface area (Å²) in [5.41, 5.74) is 5.15. The smallest absolute Gasteiger partial charge is 0.153 e. The Morgan fingerprint density at radius 2 is 2.00 bits per heavy atom. The van der Waals surface area contributed by atoms with Gasteiger partial charge in [0.25, 0.3) is 0 Å². The van der Waals surface area contributed by atoms with E-state index in [9.17, 15) is 10.5 Å². The van der Waals surface area contributed by atoms with Gasteiger partial charge in [0.1, 0.15) is 12.1 Å². The Morgan fingerprint density at radius 1 is 1.25 bits per heavy atom. The average Bonchev–Trinajstić information content (AvgIpc) is 3.20. The highest BCUT2D eigenvalue weighted by atomic mass is 15.5.